The van der Waals surface area contributed by atoms with E-state index in [1.807, 2.05) is 6.92 Å². The van der Waals surface area contributed by atoms with Gasteiger partial charge >= 0.3 is 0 Å². The van der Waals surface area contributed by atoms with Crippen LogP contribution >= 0.6 is 0 Å². The number of nitrogens with zero attached hydrogens (tertiary/aromatic N) is 3. The van der Waals surface area contributed by atoms with E-state index in [-0.39, 0.29) is 0 Å². The van der Waals surface area contributed by atoms with Crippen molar-refractivity contribution in [2.75, 3.05) is 7.11 Å². The lowest BCUT2D eigenvalue weighted by atomic mass is 10.3. The monoisotopic (exact) mass is 190 g/mol. The highest BCUT2D eigenvalue weighted by Gasteiger charge is 2.04. The van der Waals surface area contributed by atoms with Crippen LogP contribution in [0.2, 0.25) is 0 Å². The van der Waals surface area contributed by atoms with Crippen molar-refractivity contribution in [1.29, 1.82) is 0 Å². The Labute approximate surface area is 81.2 Å². The molecule has 2 aromatic rings. The Kier molecular flexibility index (Phi) is 2.14. The zero-order valence-corrected chi connectivity index (χ0v) is 7.98. The third kappa shape index (κ3) is 1.56. The highest BCUT2D eigenvalue weighted by atomic mass is 16.5. The average molecular weight is 190 g/mol. The van der Waals surface area contributed by atoms with Crippen LogP contribution < -0.4 is 4.74 Å². The van der Waals surface area contributed by atoms with Crippen molar-refractivity contribution in [1.82, 2.24) is 19.9 Å². The van der Waals surface area contributed by atoms with Gasteiger partial charge in [0, 0.05) is 6.07 Å². The second-order valence-electron chi connectivity index (χ2n) is 2.81. The predicted octanol–water partition coefficient (Wildman–Crippen LogP) is 1.18. The van der Waals surface area contributed by atoms with Crippen molar-refractivity contribution in [2.45, 2.75) is 6.92 Å². The number of ether oxygens (including phenoxy) is 1. The van der Waals surface area contributed by atoms with Gasteiger partial charge in [-0.25, -0.2) is 9.97 Å². The van der Waals surface area contributed by atoms with E-state index in [0.717, 1.165) is 11.4 Å². The summed E-state index contributed by atoms with van der Waals surface area (Å²) in [7, 11) is 1.58. The number of aromatic amines is 1. The molecule has 0 atom stereocenters. The van der Waals surface area contributed by atoms with E-state index < -0.39 is 0 Å². The van der Waals surface area contributed by atoms with E-state index >= 15 is 0 Å². The maximum Gasteiger partial charge on any atom is 0.216 e. The molecule has 0 aliphatic rings. The lowest BCUT2D eigenvalue weighted by Crippen LogP contribution is -1.95. The Morgan fingerprint density at radius 1 is 1.36 bits per heavy atom. The van der Waals surface area contributed by atoms with E-state index in [9.17, 15) is 0 Å². The van der Waals surface area contributed by atoms with Gasteiger partial charge < -0.3 is 9.72 Å². The number of rotatable bonds is 2. The Morgan fingerprint density at radius 2 is 2.21 bits per heavy atom. The van der Waals surface area contributed by atoms with Crippen molar-refractivity contribution in [3.05, 3.63) is 24.4 Å². The molecule has 72 valence electrons. The van der Waals surface area contributed by atoms with Gasteiger partial charge in [-0.1, -0.05) is 0 Å². The van der Waals surface area contributed by atoms with Gasteiger partial charge in [0.15, 0.2) is 0 Å². The normalized spacial score (nSPS) is 10.1. The molecular weight excluding hydrogens is 180 g/mol. The molecule has 2 rings (SSSR count). The predicted molar refractivity (Wildman–Crippen MR) is 50.9 cm³/mol. The number of imidazole rings is 1. The zero-order chi connectivity index (χ0) is 9.97. The van der Waals surface area contributed by atoms with Crippen LogP contribution in [0.25, 0.3) is 11.4 Å². The van der Waals surface area contributed by atoms with Gasteiger partial charge in [-0.15, -0.1) is 0 Å². The van der Waals surface area contributed by atoms with E-state index in [0.29, 0.717) is 11.7 Å². The number of hydrogen-bond acceptors (Lipinski definition) is 4. The molecule has 14 heavy (non-hydrogen) atoms. The number of methoxy groups -OCH3 is 1. The molecule has 0 aromatic carbocycles. The Hall–Kier alpha value is -1.91. The summed E-state index contributed by atoms with van der Waals surface area (Å²) >= 11 is 0. The van der Waals surface area contributed by atoms with Gasteiger partial charge in [0.05, 0.1) is 31.0 Å². The standard InChI is InChI=1S/C9H10N4O/c1-6-12-7(3-9(13-6)14-2)8-4-10-5-11-8/h3-5H,1-2H3,(H,10,11). The minimum atomic E-state index is 0.557. The minimum Gasteiger partial charge on any atom is -0.481 e. The second-order valence-corrected chi connectivity index (χ2v) is 2.81. The molecule has 0 unspecified atom stereocenters. The van der Waals surface area contributed by atoms with Crippen LogP contribution in [0.3, 0.4) is 0 Å². The van der Waals surface area contributed by atoms with Crippen molar-refractivity contribution in [2.24, 2.45) is 0 Å². The summed E-state index contributed by atoms with van der Waals surface area (Å²) < 4.78 is 5.05. The largest absolute Gasteiger partial charge is 0.481 e. The number of nitrogens with one attached hydrogen (secondary N) is 1. The van der Waals surface area contributed by atoms with Gasteiger partial charge in [-0.2, -0.15) is 4.98 Å². The van der Waals surface area contributed by atoms with Crippen molar-refractivity contribution >= 4 is 0 Å². The quantitative estimate of drug-likeness (QED) is 0.772. The van der Waals surface area contributed by atoms with E-state index in [1.54, 1.807) is 25.7 Å². The summed E-state index contributed by atoms with van der Waals surface area (Å²) in [6.07, 6.45) is 3.32. The summed E-state index contributed by atoms with van der Waals surface area (Å²) in [5.74, 6) is 1.23. The molecule has 0 saturated carbocycles. The third-order valence-electron chi connectivity index (χ3n) is 1.80. The van der Waals surface area contributed by atoms with E-state index in [2.05, 4.69) is 19.9 Å². The molecule has 0 bridgehead atoms. The maximum atomic E-state index is 5.05. The molecule has 2 aromatic heterocycles. The van der Waals surface area contributed by atoms with Crippen LogP contribution in [-0.2, 0) is 0 Å². The average Bonchev–Trinajstić information content (AvgIpc) is 2.69. The van der Waals surface area contributed by atoms with E-state index in [1.165, 1.54) is 0 Å². The van der Waals surface area contributed by atoms with Crippen LogP contribution in [0.1, 0.15) is 5.82 Å². The first kappa shape index (κ1) is 8.68. The highest BCUT2D eigenvalue weighted by Crippen LogP contribution is 2.17. The molecule has 0 radical (unpaired) electrons. The van der Waals surface area contributed by atoms with Gasteiger partial charge in [0.25, 0.3) is 0 Å². The molecule has 0 fully saturated rings. The molecule has 5 nitrogen and oxygen atoms in total. The fourth-order valence-corrected chi connectivity index (χ4v) is 1.18. The first-order chi connectivity index (χ1) is 6.79. The summed E-state index contributed by atoms with van der Waals surface area (Å²) in [6, 6.07) is 1.76. The van der Waals surface area contributed by atoms with Crippen LogP contribution in [0, 0.1) is 6.92 Å². The summed E-state index contributed by atoms with van der Waals surface area (Å²) in [6.45, 7) is 1.82. The number of aryl methyl sites for hydroxylation is 1. The Balaban J connectivity index is 2.48. The third-order valence-corrected chi connectivity index (χ3v) is 1.80. The minimum absolute atomic E-state index is 0.557. The van der Waals surface area contributed by atoms with E-state index in [4.69, 9.17) is 4.74 Å². The number of aromatic nitrogens is 4. The fourth-order valence-electron chi connectivity index (χ4n) is 1.18. The molecule has 5 heteroatoms. The number of H-pyrrole nitrogens is 1. The van der Waals surface area contributed by atoms with Gasteiger partial charge in [0.1, 0.15) is 5.82 Å². The fraction of sp³-hybridized carbons (Fsp3) is 0.222. The molecule has 0 saturated heterocycles. The zero-order valence-electron chi connectivity index (χ0n) is 7.98. The SMILES string of the molecule is COc1cc(-c2cnc[nH]2)nc(C)n1. The summed E-state index contributed by atoms with van der Waals surface area (Å²) in [4.78, 5) is 15.3. The van der Waals surface area contributed by atoms with Gasteiger partial charge in [-0.3, -0.25) is 0 Å². The molecule has 0 aliphatic carbocycles. The molecule has 0 aliphatic heterocycles. The topological polar surface area (TPSA) is 63.7 Å². The summed E-state index contributed by atoms with van der Waals surface area (Å²) in [5, 5.41) is 0. The van der Waals surface area contributed by atoms with Crippen LogP contribution in [0.15, 0.2) is 18.6 Å². The summed E-state index contributed by atoms with van der Waals surface area (Å²) in [5.41, 5.74) is 1.64. The highest BCUT2D eigenvalue weighted by molar-refractivity contribution is 5.53. The van der Waals surface area contributed by atoms with Gasteiger partial charge in [-0.05, 0) is 6.92 Å². The smallest absolute Gasteiger partial charge is 0.216 e. The molecular formula is C9H10N4O. The first-order valence-corrected chi connectivity index (χ1v) is 4.18. The molecule has 2 heterocycles. The van der Waals surface area contributed by atoms with Crippen LogP contribution in [0.5, 0.6) is 5.88 Å². The van der Waals surface area contributed by atoms with Crippen LogP contribution in [0.4, 0.5) is 0 Å². The van der Waals surface area contributed by atoms with Gasteiger partial charge in [0.2, 0.25) is 5.88 Å². The Morgan fingerprint density at radius 3 is 2.86 bits per heavy atom. The Bertz CT molecular complexity index is 424. The van der Waals surface area contributed by atoms with Crippen molar-refractivity contribution in [3.63, 3.8) is 0 Å². The maximum absolute atomic E-state index is 5.05. The van der Waals surface area contributed by atoms with Crippen LogP contribution in [-0.4, -0.2) is 27.0 Å². The molecule has 0 amide bonds. The lowest BCUT2D eigenvalue weighted by Gasteiger charge is -2.02. The number of hydrogen-bond donors (Lipinski definition) is 1. The second kappa shape index (κ2) is 3.45. The lowest BCUT2D eigenvalue weighted by molar-refractivity contribution is 0.396. The first-order valence-electron chi connectivity index (χ1n) is 4.18. The van der Waals surface area contributed by atoms with Crippen molar-refractivity contribution < 1.29 is 4.74 Å². The molecule has 1 N–H and O–H groups in total. The molecule has 0 spiro atoms. The van der Waals surface area contributed by atoms with Crippen molar-refractivity contribution in [3.8, 4) is 17.3 Å².